The number of hydrogen-bond donors (Lipinski definition) is 1. The maximum absolute atomic E-state index is 4.79. The zero-order valence-electron chi connectivity index (χ0n) is 12.6. The van der Waals surface area contributed by atoms with Crippen LogP contribution in [0.25, 0.3) is 11.3 Å². The third-order valence-electron chi connectivity index (χ3n) is 3.44. The topological polar surface area (TPSA) is 24.9 Å². The maximum Gasteiger partial charge on any atom is 0.187 e. The van der Waals surface area contributed by atoms with E-state index >= 15 is 0 Å². The van der Waals surface area contributed by atoms with Crippen molar-refractivity contribution >= 4 is 38.1 Å². The van der Waals surface area contributed by atoms with Crippen molar-refractivity contribution in [3.05, 3.63) is 63.4 Å². The molecule has 3 aromatic rings. The Labute approximate surface area is 143 Å². The molecule has 2 nitrogen and oxygen atoms in total. The zero-order chi connectivity index (χ0) is 15.5. The Hall–Kier alpha value is -1.65. The molecular formula is C18H17BrN2S. The molecule has 2 aromatic carbocycles. The van der Waals surface area contributed by atoms with Gasteiger partial charge in [0.25, 0.3) is 0 Å². The van der Waals surface area contributed by atoms with Crippen molar-refractivity contribution in [2.24, 2.45) is 0 Å². The van der Waals surface area contributed by atoms with Gasteiger partial charge in [0.2, 0.25) is 0 Å². The lowest BCUT2D eigenvalue weighted by Gasteiger charge is -2.02. The first-order valence-electron chi connectivity index (χ1n) is 7.25. The van der Waals surface area contributed by atoms with Crippen LogP contribution in [0.2, 0.25) is 0 Å². The first-order chi connectivity index (χ1) is 10.7. The van der Waals surface area contributed by atoms with Crippen molar-refractivity contribution in [2.75, 3.05) is 5.32 Å². The summed E-state index contributed by atoms with van der Waals surface area (Å²) in [4.78, 5) is 6.10. The molecule has 112 valence electrons. The van der Waals surface area contributed by atoms with Gasteiger partial charge in [0.15, 0.2) is 5.13 Å². The van der Waals surface area contributed by atoms with E-state index in [1.165, 1.54) is 16.0 Å². The highest BCUT2D eigenvalue weighted by Gasteiger charge is 2.12. The van der Waals surface area contributed by atoms with Gasteiger partial charge in [-0.3, -0.25) is 0 Å². The predicted octanol–water partition coefficient (Wildman–Crippen LogP) is 6.19. The molecule has 4 heteroatoms. The summed E-state index contributed by atoms with van der Waals surface area (Å²) < 4.78 is 1.08. The van der Waals surface area contributed by atoms with Crippen LogP contribution >= 0.6 is 27.3 Å². The highest BCUT2D eigenvalue weighted by molar-refractivity contribution is 9.10. The van der Waals surface area contributed by atoms with Gasteiger partial charge in [-0.15, -0.1) is 11.3 Å². The highest BCUT2D eigenvalue weighted by Crippen LogP contribution is 2.33. The standard InChI is InChI=1S/C18H17BrN2S/c1-3-16-17(13-6-4-12(2)5-7-13)21-18(22-16)20-15-10-8-14(19)9-11-15/h4-11H,3H2,1-2H3,(H,20,21). The summed E-state index contributed by atoms with van der Waals surface area (Å²) in [5, 5.41) is 4.33. The van der Waals surface area contributed by atoms with E-state index in [1.807, 2.05) is 24.3 Å². The van der Waals surface area contributed by atoms with Crippen molar-refractivity contribution in [2.45, 2.75) is 20.3 Å². The third kappa shape index (κ3) is 3.39. The van der Waals surface area contributed by atoms with Gasteiger partial charge in [-0.05, 0) is 37.6 Å². The Morgan fingerprint density at radius 1 is 1.05 bits per heavy atom. The molecular weight excluding hydrogens is 356 g/mol. The van der Waals surface area contributed by atoms with Crippen molar-refractivity contribution in [1.29, 1.82) is 0 Å². The van der Waals surface area contributed by atoms with Gasteiger partial charge in [-0.1, -0.05) is 52.7 Å². The normalized spacial score (nSPS) is 10.7. The van der Waals surface area contributed by atoms with Crippen LogP contribution in [-0.4, -0.2) is 4.98 Å². The Balaban J connectivity index is 1.90. The van der Waals surface area contributed by atoms with E-state index in [0.717, 1.165) is 27.4 Å². The Morgan fingerprint density at radius 3 is 2.36 bits per heavy atom. The number of benzene rings is 2. The molecule has 22 heavy (non-hydrogen) atoms. The lowest BCUT2D eigenvalue weighted by molar-refractivity contribution is 1.17. The number of anilines is 2. The number of aromatic nitrogens is 1. The fourth-order valence-corrected chi connectivity index (χ4v) is 3.45. The van der Waals surface area contributed by atoms with Crippen LogP contribution in [0.1, 0.15) is 17.4 Å². The molecule has 1 N–H and O–H groups in total. The number of halogens is 1. The number of hydrogen-bond acceptors (Lipinski definition) is 3. The van der Waals surface area contributed by atoms with Gasteiger partial charge in [-0.2, -0.15) is 0 Å². The van der Waals surface area contributed by atoms with Crippen LogP contribution in [0.4, 0.5) is 10.8 Å². The lowest BCUT2D eigenvalue weighted by atomic mass is 10.1. The first kappa shape index (κ1) is 15.3. The van der Waals surface area contributed by atoms with E-state index in [1.54, 1.807) is 11.3 Å². The van der Waals surface area contributed by atoms with Crippen LogP contribution in [0.15, 0.2) is 53.0 Å². The second-order valence-electron chi connectivity index (χ2n) is 5.14. The molecule has 0 radical (unpaired) electrons. The fourth-order valence-electron chi connectivity index (χ4n) is 2.24. The lowest BCUT2D eigenvalue weighted by Crippen LogP contribution is -1.89. The van der Waals surface area contributed by atoms with Crippen LogP contribution < -0.4 is 5.32 Å². The van der Waals surface area contributed by atoms with E-state index < -0.39 is 0 Å². The van der Waals surface area contributed by atoms with Gasteiger partial charge in [0.05, 0.1) is 5.69 Å². The van der Waals surface area contributed by atoms with Crippen molar-refractivity contribution in [1.82, 2.24) is 4.98 Å². The minimum atomic E-state index is 0.940. The monoisotopic (exact) mass is 372 g/mol. The number of thiazole rings is 1. The number of rotatable bonds is 4. The molecule has 1 aromatic heterocycles. The maximum atomic E-state index is 4.79. The van der Waals surface area contributed by atoms with E-state index in [0.29, 0.717) is 0 Å². The number of nitrogens with one attached hydrogen (secondary N) is 1. The van der Waals surface area contributed by atoms with E-state index in [2.05, 4.69) is 59.4 Å². The largest absolute Gasteiger partial charge is 0.332 e. The molecule has 0 bridgehead atoms. The molecule has 0 spiro atoms. The molecule has 1 heterocycles. The average molecular weight is 373 g/mol. The van der Waals surface area contributed by atoms with Gasteiger partial charge >= 0.3 is 0 Å². The first-order valence-corrected chi connectivity index (χ1v) is 8.86. The smallest absolute Gasteiger partial charge is 0.187 e. The van der Waals surface area contributed by atoms with Crippen LogP contribution in [0.3, 0.4) is 0 Å². The SMILES string of the molecule is CCc1sc(Nc2ccc(Br)cc2)nc1-c1ccc(C)cc1. The highest BCUT2D eigenvalue weighted by atomic mass is 79.9. The summed E-state index contributed by atoms with van der Waals surface area (Å²) in [6.45, 7) is 4.28. The van der Waals surface area contributed by atoms with Gasteiger partial charge in [0.1, 0.15) is 0 Å². The van der Waals surface area contributed by atoms with Crippen molar-refractivity contribution in [3.8, 4) is 11.3 Å². The Bertz CT molecular complexity index is 761. The molecule has 0 aliphatic heterocycles. The summed E-state index contributed by atoms with van der Waals surface area (Å²) >= 11 is 5.18. The summed E-state index contributed by atoms with van der Waals surface area (Å²) in [7, 11) is 0. The second-order valence-corrected chi connectivity index (χ2v) is 7.14. The van der Waals surface area contributed by atoms with Gasteiger partial charge in [0, 0.05) is 20.6 Å². The van der Waals surface area contributed by atoms with E-state index in [-0.39, 0.29) is 0 Å². The second kappa shape index (κ2) is 6.63. The number of aryl methyl sites for hydroxylation is 2. The summed E-state index contributed by atoms with van der Waals surface area (Å²) in [6.07, 6.45) is 0.989. The molecule has 0 amide bonds. The van der Waals surface area contributed by atoms with Crippen LogP contribution in [-0.2, 0) is 6.42 Å². The van der Waals surface area contributed by atoms with Crippen LogP contribution in [0.5, 0.6) is 0 Å². The third-order valence-corrected chi connectivity index (χ3v) is 5.08. The molecule has 0 aliphatic rings. The fraction of sp³-hybridized carbons (Fsp3) is 0.167. The zero-order valence-corrected chi connectivity index (χ0v) is 15.0. The minimum Gasteiger partial charge on any atom is -0.332 e. The van der Waals surface area contributed by atoms with E-state index in [4.69, 9.17) is 4.98 Å². The summed E-state index contributed by atoms with van der Waals surface area (Å²) in [5.74, 6) is 0. The Morgan fingerprint density at radius 2 is 1.73 bits per heavy atom. The molecule has 0 unspecified atom stereocenters. The quantitative estimate of drug-likeness (QED) is 0.590. The summed E-state index contributed by atoms with van der Waals surface area (Å²) in [5.41, 5.74) is 4.59. The molecule has 0 aliphatic carbocycles. The van der Waals surface area contributed by atoms with Crippen molar-refractivity contribution < 1.29 is 0 Å². The minimum absolute atomic E-state index is 0.940. The van der Waals surface area contributed by atoms with E-state index in [9.17, 15) is 0 Å². The molecule has 0 saturated heterocycles. The Kier molecular flexibility index (Phi) is 4.60. The van der Waals surface area contributed by atoms with Crippen LogP contribution in [0, 0.1) is 6.92 Å². The molecule has 0 atom stereocenters. The average Bonchev–Trinajstić information content (AvgIpc) is 2.93. The molecule has 0 fully saturated rings. The predicted molar refractivity (Wildman–Crippen MR) is 99.1 cm³/mol. The number of nitrogens with zero attached hydrogens (tertiary/aromatic N) is 1. The van der Waals surface area contributed by atoms with Crippen molar-refractivity contribution in [3.63, 3.8) is 0 Å². The summed E-state index contributed by atoms with van der Waals surface area (Å²) in [6, 6.07) is 16.7. The van der Waals surface area contributed by atoms with Gasteiger partial charge < -0.3 is 5.32 Å². The molecule has 3 rings (SSSR count). The molecule has 0 saturated carbocycles. The van der Waals surface area contributed by atoms with Gasteiger partial charge in [-0.25, -0.2) is 4.98 Å².